The van der Waals surface area contributed by atoms with Gasteiger partial charge in [-0.05, 0) is 0 Å². The lowest BCUT2D eigenvalue weighted by Crippen LogP contribution is -2.28. The zero-order valence-electron chi connectivity index (χ0n) is 8.23. The molecule has 1 rings (SSSR count). The summed E-state index contributed by atoms with van der Waals surface area (Å²) in [6.45, 7) is 0. The number of carbonyl (C=O) groups is 1. The van der Waals surface area contributed by atoms with Crippen molar-refractivity contribution in [3.05, 3.63) is 15.6 Å². The normalized spacial score (nSPS) is 13.7. The molecule has 0 amide bonds. The molecular weight excluding hydrogens is 314 g/mol. The fraction of sp³-hybridized carbons (Fsp3) is 0.429. The van der Waals surface area contributed by atoms with Crippen LogP contribution in [0.5, 0.6) is 0 Å². The van der Waals surface area contributed by atoms with Gasteiger partial charge < -0.3 is 5.11 Å². The number of halogens is 8. The lowest BCUT2D eigenvalue weighted by molar-refractivity contribution is -0.169. The third-order valence-electron chi connectivity index (χ3n) is 1.69. The number of carboxylic acids is 1. The van der Waals surface area contributed by atoms with Gasteiger partial charge in [-0.25, -0.2) is 9.78 Å². The van der Waals surface area contributed by atoms with Gasteiger partial charge in [-0.1, -0.05) is 0 Å². The fourth-order valence-electron chi connectivity index (χ4n) is 0.948. The SMILES string of the molecule is O=C(O)C(F)(F)c1nc(C(F)(F)F)sc1C(F)(F)F. The van der Waals surface area contributed by atoms with Crippen molar-refractivity contribution in [1.29, 1.82) is 0 Å². The minimum atomic E-state index is -5.57. The second-order valence-corrected chi connectivity index (χ2v) is 4.07. The van der Waals surface area contributed by atoms with Gasteiger partial charge in [0, 0.05) is 0 Å². The van der Waals surface area contributed by atoms with Crippen molar-refractivity contribution in [3.8, 4) is 0 Å². The standard InChI is InChI=1S/C7HF8NO2S/c8-5(9,4(17)18)1-2(6(10,11)12)19-3(16-1)7(13,14)15/h(H,17,18). The van der Waals surface area contributed by atoms with Crippen LogP contribution in [0, 0.1) is 0 Å². The molecule has 0 spiro atoms. The summed E-state index contributed by atoms with van der Waals surface area (Å²) in [6.07, 6.45) is -11.0. The summed E-state index contributed by atoms with van der Waals surface area (Å²) in [5.74, 6) is -8.21. The second-order valence-electron chi connectivity index (χ2n) is 3.07. The van der Waals surface area contributed by atoms with Crippen LogP contribution in [-0.4, -0.2) is 16.1 Å². The molecule has 1 N–H and O–H groups in total. The van der Waals surface area contributed by atoms with E-state index < -0.39 is 51.2 Å². The van der Waals surface area contributed by atoms with Gasteiger partial charge in [-0.3, -0.25) is 0 Å². The van der Waals surface area contributed by atoms with Gasteiger partial charge in [-0.2, -0.15) is 35.1 Å². The molecule has 0 aliphatic rings. The molecular formula is C7HF8NO2S. The number of nitrogens with zero attached hydrogens (tertiary/aromatic N) is 1. The van der Waals surface area contributed by atoms with Crippen LogP contribution in [0.25, 0.3) is 0 Å². The first-order chi connectivity index (χ1) is 8.28. The lowest BCUT2D eigenvalue weighted by atomic mass is 10.2. The molecule has 0 fully saturated rings. The first-order valence-electron chi connectivity index (χ1n) is 4.05. The topological polar surface area (TPSA) is 50.2 Å². The molecule has 3 nitrogen and oxygen atoms in total. The summed E-state index contributed by atoms with van der Waals surface area (Å²) >= 11 is -1.09. The third-order valence-corrected chi connectivity index (χ3v) is 2.84. The minimum Gasteiger partial charge on any atom is -0.476 e. The predicted molar refractivity (Wildman–Crippen MR) is 43.6 cm³/mol. The van der Waals surface area contributed by atoms with Gasteiger partial charge in [0.15, 0.2) is 5.01 Å². The summed E-state index contributed by atoms with van der Waals surface area (Å²) < 4.78 is 99.3. The maximum atomic E-state index is 12.9. The summed E-state index contributed by atoms with van der Waals surface area (Å²) in [6, 6.07) is 0. The Morgan fingerprint density at radius 3 is 1.79 bits per heavy atom. The average molecular weight is 315 g/mol. The van der Waals surface area contributed by atoms with E-state index in [4.69, 9.17) is 5.11 Å². The minimum absolute atomic E-state index is 1.09. The lowest BCUT2D eigenvalue weighted by Gasteiger charge is -2.11. The highest BCUT2D eigenvalue weighted by Gasteiger charge is 2.53. The van der Waals surface area contributed by atoms with Crippen molar-refractivity contribution in [2.75, 3.05) is 0 Å². The van der Waals surface area contributed by atoms with E-state index in [9.17, 15) is 39.9 Å². The van der Waals surface area contributed by atoms with Crippen LogP contribution in [0.1, 0.15) is 15.6 Å². The van der Waals surface area contributed by atoms with Crippen LogP contribution < -0.4 is 0 Å². The Bertz CT molecular complexity index is 502. The molecule has 19 heavy (non-hydrogen) atoms. The Hall–Kier alpha value is -1.46. The molecule has 0 bridgehead atoms. The van der Waals surface area contributed by atoms with Gasteiger partial charge >= 0.3 is 24.2 Å². The van der Waals surface area contributed by atoms with E-state index in [1.165, 1.54) is 0 Å². The van der Waals surface area contributed by atoms with Crippen LogP contribution >= 0.6 is 11.3 Å². The fourth-order valence-corrected chi connectivity index (χ4v) is 1.78. The van der Waals surface area contributed by atoms with E-state index in [1.807, 2.05) is 0 Å². The van der Waals surface area contributed by atoms with Crippen molar-refractivity contribution in [3.63, 3.8) is 0 Å². The Morgan fingerprint density at radius 2 is 1.47 bits per heavy atom. The van der Waals surface area contributed by atoms with Crippen LogP contribution in [0.3, 0.4) is 0 Å². The van der Waals surface area contributed by atoms with Gasteiger partial charge in [0.1, 0.15) is 10.6 Å². The van der Waals surface area contributed by atoms with Crippen LogP contribution in [0.4, 0.5) is 35.1 Å². The highest BCUT2D eigenvalue weighted by atomic mass is 32.1. The largest absolute Gasteiger partial charge is 0.476 e. The first-order valence-corrected chi connectivity index (χ1v) is 4.86. The molecule has 12 heteroatoms. The number of rotatable bonds is 2. The van der Waals surface area contributed by atoms with Crippen molar-refractivity contribution in [2.45, 2.75) is 18.3 Å². The van der Waals surface area contributed by atoms with E-state index in [0.29, 0.717) is 0 Å². The van der Waals surface area contributed by atoms with E-state index in [2.05, 4.69) is 4.98 Å². The van der Waals surface area contributed by atoms with Gasteiger partial charge in [0.2, 0.25) is 0 Å². The molecule has 1 heterocycles. The van der Waals surface area contributed by atoms with E-state index in [-0.39, 0.29) is 0 Å². The number of aromatic nitrogens is 1. The quantitative estimate of drug-likeness (QED) is 0.852. The molecule has 1 aromatic rings. The highest BCUT2D eigenvalue weighted by molar-refractivity contribution is 7.12. The highest BCUT2D eigenvalue weighted by Crippen LogP contribution is 2.45. The maximum Gasteiger partial charge on any atom is 0.443 e. The molecule has 0 saturated carbocycles. The summed E-state index contributed by atoms with van der Waals surface area (Å²) in [4.78, 5) is 9.81. The molecule has 0 aliphatic carbocycles. The Labute approximate surface area is 102 Å². The molecule has 0 aromatic carbocycles. The van der Waals surface area contributed by atoms with Gasteiger partial charge in [0.25, 0.3) is 0 Å². The van der Waals surface area contributed by atoms with E-state index >= 15 is 0 Å². The number of thiazole rings is 1. The maximum absolute atomic E-state index is 12.9. The average Bonchev–Trinajstić information content (AvgIpc) is 2.60. The second kappa shape index (κ2) is 4.28. The number of hydrogen-bond acceptors (Lipinski definition) is 3. The van der Waals surface area contributed by atoms with Crippen LogP contribution in [0.15, 0.2) is 0 Å². The molecule has 0 aliphatic heterocycles. The molecule has 0 atom stereocenters. The van der Waals surface area contributed by atoms with Crippen LogP contribution in [-0.2, 0) is 23.1 Å². The molecule has 1 aromatic heterocycles. The summed E-state index contributed by atoms with van der Waals surface area (Å²) in [7, 11) is 0. The number of aliphatic carboxylic acids is 1. The molecule has 0 saturated heterocycles. The zero-order chi connectivity index (χ0) is 15.2. The molecule has 0 radical (unpaired) electrons. The Balaban J connectivity index is 3.55. The monoisotopic (exact) mass is 315 g/mol. The van der Waals surface area contributed by atoms with Crippen molar-refractivity contribution < 1.29 is 45.0 Å². The number of hydrogen-bond donors (Lipinski definition) is 1. The number of alkyl halides is 8. The van der Waals surface area contributed by atoms with E-state index in [1.54, 1.807) is 0 Å². The smallest absolute Gasteiger partial charge is 0.443 e. The van der Waals surface area contributed by atoms with Gasteiger partial charge in [-0.15, -0.1) is 11.3 Å². The summed E-state index contributed by atoms with van der Waals surface area (Å²) in [5, 5.41) is 5.86. The molecule has 0 unspecified atom stereocenters. The van der Waals surface area contributed by atoms with Gasteiger partial charge in [0.05, 0.1) is 0 Å². The predicted octanol–water partition coefficient (Wildman–Crippen LogP) is 3.36. The van der Waals surface area contributed by atoms with Crippen molar-refractivity contribution in [2.24, 2.45) is 0 Å². The zero-order valence-corrected chi connectivity index (χ0v) is 9.05. The van der Waals surface area contributed by atoms with Crippen molar-refractivity contribution >= 4 is 17.3 Å². The first kappa shape index (κ1) is 15.6. The third kappa shape index (κ3) is 2.93. The van der Waals surface area contributed by atoms with Crippen LogP contribution in [0.2, 0.25) is 0 Å². The Kier molecular flexibility index (Phi) is 3.52. The van der Waals surface area contributed by atoms with Crippen molar-refractivity contribution in [1.82, 2.24) is 4.98 Å². The molecule has 108 valence electrons. The summed E-state index contributed by atoms with van der Waals surface area (Å²) in [5.41, 5.74) is -2.47. The van der Waals surface area contributed by atoms with E-state index in [0.717, 1.165) is 0 Å². The Morgan fingerprint density at radius 1 is 1.00 bits per heavy atom. The number of carboxylic acid groups (broad SMARTS) is 1.